The Hall–Kier alpha value is -1.14. The SMILES string of the molecule is O=C(NNC(=O)C1CCCCC1)c1ccc(C2SCCCS2)cc1. The quantitative estimate of drug-likeness (QED) is 0.799. The lowest BCUT2D eigenvalue weighted by Gasteiger charge is -2.21. The summed E-state index contributed by atoms with van der Waals surface area (Å²) in [5.41, 5.74) is 6.96. The van der Waals surface area contributed by atoms with Gasteiger partial charge in [0.05, 0.1) is 4.58 Å². The molecule has 4 nitrogen and oxygen atoms in total. The smallest absolute Gasteiger partial charge is 0.269 e. The molecule has 0 atom stereocenters. The molecule has 1 saturated heterocycles. The molecule has 0 bridgehead atoms. The fourth-order valence-electron chi connectivity index (χ4n) is 3.13. The molecule has 6 heteroatoms. The summed E-state index contributed by atoms with van der Waals surface area (Å²) in [6.07, 6.45) is 6.53. The third kappa shape index (κ3) is 4.70. The Morgan fingerprint density at radius 3 is 2.21 bits per heavy atom. The maximum absolute atomic E-state index is 12.2. The number of benzene rings is 1. The Morgan fingerprint density at radius 2 is 1.54 bits per heavy atom. The first-order valence-electron chi connectivity index (χ1n) is 8.67. The molecule has 1 saturated carbocycles. The van der Waals surface area contributed by atoms with E-state index < -0.39 is 0 Å². The van der Waals surface area contributed by atoms with Crippen LogP contribution in [0.25, 0.3) is 0 Å². The summed E-state index contributed by atoms with van der Waals surface area (Å²) in [5, 5.41) is 0. The van der Waals surface area contributed by atoms with Crippen molar-refractivity contribution in [1.29, 1.82) is 0 Å². The first-order valence-corrected chi connectivity index (χ1v) is 10.8. The van der Waals surface area contributed by atoms with Crippen molar-refractivity contribution in [2.24, 2.45) is 5.92 Å². The molecule has 0 spiro atoms. The summed E-state index contributed by atoms with van der Waals surface area (Å²) in [6, 6.07) is 7.72. The molecule has 1 aromatic carbocycles. The van der Waals surface area contributed by atoms with Crippen LogP contribution in [-0.2, 0) is 4.79 Å². The minimum absolute atomic E-state index is 0.0433. The largest absolute Gasteiger partial charge is 0.273 e. The minimum Gasteiger partial charge on any atom is -0.273 e. The van der Waals surface area contributed by atoms with Gasteiger partial charge in [-0.15, -0.1) is 23.5 Å². The average Bonchev–Trinajstić information content (AvgIpc) is 2.67. The Kier molecular flexibility index (Phi) is 6.49. The van der Waals surface area contributed by atoms with E-state index in [1.165, 1.54) is 29.9 Å². The van der Waals surface area contributed by atoms with Crippen LogP contribution in [0.1, 0.15) is 59.0 Å². The highest BCUT2D eigenvalue weighted by Gasteiger charge is 2.21. The Morgan fingerprint density at radius 1 is 0.875 bits per heavy atom. The summed E-state index contributed by atoms with van der Waals surface area (Å²) in [4.78, 5) is 24.2. The van der Waals surface area contributed by atoms with Crippen LogP contribution in [0.15, 0.2) is 24.3 Å². The maximum Gasteiger partial charge on any atom is 0.269 e. The fourth-order valence-corrected chi connectivity index (χ4v) is 6.02. The molecule has 2 aliphatic rings. The molecule has 2 N–H and O–H groups in total. The number of hydrazine groups is 1. The average molecular weight is 365 g/mol. The lowest BCUT2D eigenvalue weighted by atomic mass is 9.89. The molecule has 0 aromatic heterocycles. The lowest BCUT2D eigenvalue weighted by Crippen LogP contribution is -2.44. The van der Waals surface area contributed by atoms with Gasteiger partial charge >= 0.3 is 0 Å². The van der Waals surface area contributed by atoms with Gasteiger partial charge in [0.15, 0.2) is 0 Å². The number of amides is 2. The van der Waals surface area contributed by atoms with E-state index in [9.17, 15) is 9.59 Å². The first-order chi connectivity index (χ1) is 11.7. The lowest BCUT2D eigenvalue weighted by molar-refractivity contribution is -0.126. The molecular weight excluding hydrogens is 340 g/mol. The Bertz CT molecular complexity index is 565. The zero-order valence-electron chi connectivity index (χ0n) is 13.8. The second kappa shape index (κ2) is 8.81. The predicted molar refractivity (Wildman–Crippen MR) is 101 cm³/mol. The zero-order valence-corrected chi connectivity index (χ0v) is 15.4. The second-order valence-electron chi connectivity index (χ2n) is 6.33. The van der Waals surface area contributed by atoms with Crippen LogP contribution in [0, 0.1) is 5.92 Å². The summed E-state index contributed by atoms with van der Waals surface area (Å²) in [7, 11) is 0. The topological polar surface area (TPSA) is 58.2 Å². The van der Waals surface area contributed by atoms with Gasteiger partial charge in [-0.3, -0.25) is 20.4 Å². The van der Waals surface area contributed by atoms with Gasteiger partial charge in [-0.25, -0.2) is 0 Å². The van der Waals surface area contributed by atoms with Gasteiger partial charge in [0.1, 0.15) is 0 Å². The van der Waals surface area contributed by atoms with E-state index in [2.05, 4.69) is 10.9 Å². The molecule has 1 aliphatic heterocycles. The van der Waals surface area contributed by atoms with Crippen molar-refractivity contribution in [3.8, 4) is 0 Å². The van der Waals surface area contributed by atoms with E-state index in [-0.39, 0.29) is 17.7 Å². The van der Waals surface area contributed by atoms with E-state index in [0.29, 0.717) is 10.1 Å². The van der Waals surface area contributed by atoms with Crippen LogP contribution in [0.3, 0.4) is 0 Å². The van der Waals surface area contributed by atoms with Gasteiger partial charge in [-0.2, -0.15) is 0 Å². The van der Waals surface area contributed by atoms with Crippen molar-refractivity contribution in [2.45, 2.75) is 43.1 Å². The standard InChI is InChI=1S/C18H24N2O2S2/c21-16(13-5-2-1-3-6-13)19-20-17(22)14-7-9-15(10-8-14)18-23-11-4-12-24-18/h7-10,13,18H,1-6,11-12H2,(H,19,21)(H,20,22). The Balaban J connectivity index is 1.50. The molecule has 3 rings (SSSR count). The molecular formula is C18H24N2O2S2. The van der Waals surface area contributed by atoms with Gasteiger partial charge in [-0.05, 0) is 48.5 Å². The van der Waals surface area contributed by atoms with Crippen LogP contribution in [0.2, 0.25) is 0 Å². The van der Waals surface area contributed by atoms with Crippen molar-refractivity contribution in [2.75, 3.05) is 11.5 Å². The monoisotopic (exact) mass is 364 g/mol. The number of hydrogen-bond donors (Lipinski definition) is 2. The van der Waals surface area contributed by atoms with Gasteiger partial charge in [0.25, 0.3) is 5.91 Å². The summed E-state index contributed by atoms with van der Waals surface area (Å²) in [6.45, 7) is 0. The second-order valence-corrected chi connectivity index (χ2v) is 9.05. The van der Waals surface area contributed by atoms with Gasteiger partial charge in [0, 0.05) is 11.5 Å². The molecule has 130 valence electrons. The van der Waals surface area contributed by atoms with Crippen LogP contribution in [0.4, 0.5) is 0 Å². The van der Waals surface area contributed by atoms with Crippen molar-refractivity contribution >= 4 is 35.3 Å². The summed E-state index contributed by atoms with van der Waals surface area (Å²) in [5.74, 6) is 2.13. The maximum atomic E-state index is 12.2. The highest BCUT2D eigenvalue weighted by molar-refractivity contribution is 8.16. The van der Waals surface area contributed by atoms with Crippen molar-refractivity contribution in [1.82, 2.24) is 10.9 Å². The molecule has 24 heavy (non-hydrogen) atoms. The van der Waals surface area contributed by atoms with Gasteiger partial charge in [-0.1, -0.05) is 31.4 Å². The van der Waals surface area contributed by atoms with Gasteiger partial charge < -0.3 is 0 Å². The molecule has 1 aliphatic carbocycles. The van der Waals surface area contributed by atoms with E-state index in [4.69, 9.17) is 0 Å². The summed E-state index contributed by atoms with van der Waals surface area (Å²) >= 11 is 3.93. The van der Waals surface area contributed by atoms with Crippen LogP contribution in [0.5, 0.6) is 0 Å². The molecule has 2 fully saturated rings. The van der Waals surface area contributed by atoms with E-state index in [1.54, 1.807) is 0 Å². The predicted octanol–water partition coefficient (Wildman–Crippen LogP) is 3.90. The van der Waals surface area contributed by atoms with Crippen molar-refractivity contribution in [3.05, 3.63) is 35.4 Å². The van der Waals surface area contributed by atoms with Crippen LogP contribution in [-0.4, -0.2) is 23.3 Å². The first kappa shape index (κ1) is 17.7. The number of hydrogen-bond acceptors (Lipinski definition) is 4. The van der Waals surface area contributed by atoms with Crippen molar-refractivity contribution in [3.63, 3.8) is 0 Å². The molecule has 1 heterocycles. The normalized spacial score (nSPS) is 19.7. The number of nitrogens with one attached hydrogen (secondary N) is 2. The minimum atomic E-state index is -0.255. The molecule has 0 radical (unpaired) electrons. The van der Waals surface area contributed by atoms with Crippen LogP contribution < -0.4 is 10.9 Å². The molecule has 2 amide bonds. The van der Waals surface area contributed by atoms with E-state index in [1.807, 2.05) is 47.8 Å². The fraction of sp³-hybridized carbons (Fsp3) is 0.556. The molecule has 1 aromatic rings. The number of thioether (sulfide) groups is 2. The highest BCUT2D eigenvalue weighted by Crippen LogP contribution is 2.43. The number of rotatable bonds is 3. The number of carbonyl (C=O) groups is 2. The van der Waals surface area contributed by atoms with Crippen molar-refractivity contribution < 1.29 is 9.59 Å². The third-order valence-corrected chi connectivity index (χ3v) is 7.56. The Labute approximate surface area is 151 Å². The zero-order chi connectivity index (χ0) is 16.8. The van der Waals surface area contributed by atoms with E-state index in [0.717, 1.165) is 25.7 Å². The summed E-state index contributed by atoms with van der Waals surface area (Å²) < 4.78 is 0.474. The highest BCUT2D eigenvalue weighted by atomic mass is 32.2. The van der Waals surface area contributed by atoms with Gasteiger partial charge in [0.2, 0.25) is 5.91 Å². The third-order valence-electron chi connectivity index (χ3n) is 4.55. The van der Waals surface area contributed by atoms with E-state index >= 15 is 0 Å². The number of carbonyl (C=O) groups excluding carboxylic acids is 2. The van der Waals surface area contributed by atoms with Crippen LogP contribution >= 0.6 is 23.5 Å². The molecule has 0 unspecified atom stereocenters.